The van der Waals surface area contributed by atoms with Gasteiger partial charge in [-0.15, -0.1) is 20.4 Å². The molecule has 4 aromatic carbocycles. The molecule has 0 bridgehead atoms. The highest BCUT2D eigenvalue weighted by molar-refractivity contribution is 7.91. The van der Waals surface area contributed by atoms with Gasteiger partial charge in [-0.3, -0.25) is 9.13 Å². The second kappa shape index (κ2) is 26.3. The Morgan fingerprint density at radius 1 is 0.500 bits per heavy atom. The van der Waals surface area contributed by atoms with Gasteiger partial charge in [0, 0.05) is 38.0 Å². The fourth-order valence-corrected chi connectivity index (χ4v) is 14.1. The van der Waals surface area contributed by atoms with Gasteiger partial charge in [0.2, 0.25) is 11.6 Å². The van der Waals surface area contributed by atoms with Crippen LogP contribution in [0.2, 0.25) is 0 Å². The molecule has 0 N–H and O–H groups in total. The lowest BCUT2D eigenvalue weighted by Gasteiger charge is -2.38. The van der Waals surface area contributed by atoms with Crippen LogP contribution in [-0.2, 0) is 40.7 Å². The Labute approximate surface area is 509 Å². The number of aromatic nitrogens is 6. The third-order valence-corrected chi connectivity index (χ3v) is 18.7. The number of rotatable bonds is 16. The number of sulfone groups is 2. The molecule has 0 aliphatic carbocycles. The summed E-state index contributed by atoms with van der Waals surface area (Å²) in [7, 11) is -1.98. The van der Waals surface area contributed by atoms with Crippen molar-refractivity contribution in [1.82, 2.24) is 39.3 Å². The first-order chi connectivity index (χ1) is 41.8. The second-order valence-corrected chi connectivity index (χ2v) is 27.7. The molecule has 4 aromatic heterocycles. The summed E-state index contributed by atoms with van der Waals surface area (Å²) in [5, 5.41) is 15.2. The zero-order valence-electron chi connectivity index (χ0n) is 50.4. The van der Waals surface area contributed by atoms with Crippen molar-refractivity contribution in [3.05, 3.63) is 156 Å². The highest BCUT2D eigenvalue weighted by Gasteiger charge is 2.43. The minimum Gasteiger partial charge on any atom is -0.494 e. The van der Waals surface area contributed by atoms with Crippen molar-refractivity contribution in [1.29, 1.82) is 0 Å². The van der Waals surface area contributed by atoms with Crippen LogP contribution in [0.5, 0.6) is 23.0 Å². The van der Waals surface area contributed by atoms with E-state index in [0.29, 0.717) is 45.9 Å². The van der Waals surface area contributed by atoms with Crippen molar-refractivity contribution >= 4 is 31.9 Å². The maximum Gasteiger partial charge on any atom is 0.410 e. The van der Waals surface area contributed by atoms with E-state index in [4.69, 9.17) is 37.3 Å². The monoisotopic (exact) mass is 1250 g/mol. The summed E-state index contributed by atoms with van der Waals surface area (Å²) in [5.74, 6) is 0.477. The Morgan fingerprint density at radius 2 is 0.841 bits per heavy atom. The number of hydrogen-bond donors (Lipinski definition) is 0. The number of carbonyl (C=O) groups is 2. The zero-order valence-corrected chi connectivity index (χ0v) is 52.0. The molecule has 6 heterocycles. The lowest BCUT2D eigenvalue weighted by molar-refractivity contribution is 0.0191. The standard InChI is InChI=1S/2C31H35FN4O7S/c2*1-31(2,3)43-30(37)35-17-21(20-11-13-22(32)14-12-20)16-23(18-35)44(38,39)19-27-33-34-29(26-10-7-15-42-26)36(27)28-24(40-4)8-6-9-25(28)41-5/h2*6-15,21,23H,16-19H2,1-5H3/t2*21-,23-/m10/s1. The van der Waals surface area contributed by atoms with Crippen molar-refractivity contribution in [3.8, 4) is 57.5 Å². The van der Waals surface area contributed by atoms with Gasteiger partial charge in [0.15, 0.2) is 42.8 Å². The van der Waals surface area contributed by atoms with Crippen LogP contribution >= 0.6 is 0 Å². The first-order valence-electron chi connectivity index (χ1n) is 28.1. The Kier molecular flexibility index (Phi) is 19.0. The molecule has 10 rings (SSSR count). The first-order valence-corrected chi connectivity index (χ1v) is 31.5. The van der Waals surface area contributed by atoms with Crippen LogP contribution in [0.15, 0.2) is 131 Å². The van der Waals surface area contributed by atoms with Crippen molar-refractivity contribution in [3.63, 3.8) is 0 Å². The van der Waals surface area contributed by atoms with E-state index in [1.807, 2.05) is 0 Å². The van der Waals surface area contributed by atoms with E-state index in [0.717, 1.165) is 11.1 Å². The summed E-state index contributed by atoms with van der Waals surface area (Å²) in [4.78, 5) is 29.2. The van der Waals surface area contributed by atoms with Crippen molar-refractivity contribution in [2.24, 2.45) is 0 Å². The number of piperidine rings is 2. The van der Waals surface area contributed by atoms with E-state index in [-0.39, 0.29) is 74.2 Å². The maximum atomic E-state index is 14.2. The molecular weight excluding hydrogens is 1180 g/mol. The van der Waals surface area contributed by atoms with Crippen molar-refractivity contribution in [2.45, 2.75) is 99.4 Å². The summed E-state index contributed by atoms with van der Waals surface area (Å²) >= 11 is 0. The molecule has 26 heteroatoms. The zero-order chi connectivity index (χ0) is 63.3. The first kappa shape index (κ1) is 63.7. The number of amides is 2. The number of furan rings is 2. The number of nitrogens with zero attached hydrogens (tertiary/aromatic N) is 8. The predicted octanol–water partition coefficient (Wildman–Crippen LogP) is 10.8. The fraction of sp³-hybridized carbons (Fsp3) is 0.387. The predicted molar refractivity (Wildman–Crippen MR) is 320 cm³/mol. The molecule has 2 fully saturated rings. The van der Waals surface area contributed by atoms with E-state index in [1.165, 1.54) is 75.0 Å². The number of benzene rings is 4. The highest BCUT2D eigenvalue weighted by atomic mass is 32.2. The molecule has 2 aliphatic rings. The number of carbonyl (C=O) groups excluding carboxylic acids is 2. The average molecular weight is 1250 g/mol. The van der Waals surface area contributed by atoms with Crippen molar-refractivity contribution < 1.29 is 72.5 Å². The fourth-order valence-electron chi connectivity index (χ4n) is 10.7. The lowest BCUT2D eigenvalue weighted by atomic mass is 9.90. The third-order valence-electron chi connectivity index (χ3n) is 14.7. The minimum absolute atomic E-state index is 0.0773. The largest absolute Gasteiger partial charge is 0.494 e. The van der Waals surface area contributed by atoms with Gasteiger partial charge >= 0.3 is 12.2 Å². The Morgan fingerprint density at radius 3 is 1.14 bits per heavy atom. The summed E-state index contributed by atoms with van der Waals surface area (Å²) in [6.07, 6.45) is 2.15. The molecule has 2 aliphatic heterocycles. The molecule has 0 radical (unpaired) electrons. The molecule has 0 spiro atoms. The van der Waals surface area contributed by atoms with E-state index in [9.17, 15) is 35.2 Å². The van der Waals surface area contributed by atoms with Crippen LogP contribution in [0.25, 0.3) is 34.5 Å². The van der Waals surface area contributed by atoms with Crippen LogP contribution in [0.3, 0.4) is 0 Å². The average Bonchev–Trinajstić information content (AvgIpc) is 1.95. The second-order valence-electron chi connectivity index (χ2n) is 23.1. The molecule has 2 saturated heterocycles. The number of likely N-dealkylation sites (tertiary alicyclic amines) is 2. The van der Waals surface area contributed by atoms with Gasteiger partial charge in [0.1, 0.15) is 68.7 Å². The molecule has 4 atom stereocenters. The van der Waals surface area contributed by atoms with E-state index >= 15 is 0 Å². The number of methoxy groups -OCH3 is 4. The Balaban J connectivity index is 0.000000209. The SMILES string of the molecule is COc1cccc(OC)c1-n1c(CS(=O)(=O)[C@@H]2C[C@@H](c3ccc(F)cc3)CN(C(=O)OC(C)(C)C)C2)nnc1-c1ccco1.COc1cccc(OC)c1-n1c(CS(=O)(=O)[C@H]2C[C@H](c3ccc(F)cc3)CN(C(=O)OC(C)(C)C)C2)nnc1-c1ccco1. The normalized spacial score (nSPS) is 17.4. The van der Waals surface area contributed by atoms with Gasteiger partial charge in [-0.1, -0.05) is 36.4 Å². The lowest BCUT2D eigenvalue weighted by Crippen LogP contribution is -2.49. The van der Waals surface area contributed by atoms with E-state index in [1.54, 1.807) is 136 Å². The van der Waals surface area contributed by atoms with Gasteiger partial charge in [-0.2, -0.15) is 0 Å². The van der Waals surface area contributed by atoms with E-state index < -0.39 is 76.7 Å². The summed E-state index contributed by atoms with van der Waals surface area (Å²) < 4.78 is 132. The van der Waals surface area contributed by atoms with Gasteiger partial charge in [0.25, 0.3) is 0 Å². The van der Waals surface area contributed by atoms with Crippen molar-refractivity contribution in [2.75, 3.05) is 54.6 Å². The van der Waals surface area contributed by atoms with Gasteiger partial charge < -0.3 is 47.1 Å². The molecule has 88 heavy (non-hydrogen) atoms. The summed E-state index contributed by atoms with van der Waals surface area (Å²) in [6.45, 7) is 10.8. The number of para-hydroxylation sites is 2. The topological polar surface area (TPSA) is 252 Å². The highest BCUT2D eigenvalue weighted by Crippen LogP contribution is 2.41. The smallest absolute Gasteiger partial charge is 0.410 e. The molecule has 22 nitrogen and oxygen atoms in total. The maximum absolute atomic E-state index is 14.2. The summed E-state index contributed by atoms with van der Waals surface area (Å²) in [6, 6.07) is 28.9. The molecule has 0 unspecified atom stereocenters. The Bertz CT molecular complexity index is 3640. The van der Waals surface area contributed by atoms with Gasteiger partial charge in [-0.05, 0) is 138 Å². The van der Waals surface area contributed by atoms with Crippen LogP contribution in [0.1, 0.15) is 89.0 Å². The number of hydrogen-bond acceptors (Lipinski definition) is 18. The Hall–Kier alpha value is -8.78. The van der Waals surface area contributed by atoms with Crippen LogP contribution < -0.4 is 18.9 Å². The molecule has 0 saturated carbocycles. The van der Waals surface area contributed by atoms with Crippen LogP contribution in [0, 0.1) is 11.6 Å². The summed E-state index contributed by atoms with van der Waals surface area (Å²) in [5.41, 5.74) is 0.704. The quantitative estimate of drug-likeness (QED) is 0.0871. The number of ether oxygens (including phenoxy) is 6. The number of halogens is 2. The van der Waals surface area contributed by atoms with E-state index in [2.05, 4.69) is 20.4 Å². The third kappa shape index (κ3) is 14.6. The molecule has 468 valence electrons. The van der Waals surface area contributed by atoms with Crippen LogP contribution in [-0.4, -0.2) is 145 Å². The molecular formula is C62H70F2N8O14S2. The molecule has 2 amide bonds. The molecule has 8 aromatic rings. The van der Waals surface area contributed by atoms with Gasteiger partial charge in [-0.25, -0.2) is 35.2 Å². The minimum atomic E-state index is -3.98. The van der Waals surface area contributed by atoms with Gasteiger partial charge in [0.05, 0.1) is 51.5 Å². The van der Waals surface area contributed by atoms with Crippen LogP contribution in [0.4, 0.5) is 18.4 Å².